The van der Waals surface area contributed by atoms with E-state index < -0.39 is 0 Å². The van der Waals surface area contributed by atoms with E-state index in [1.807, 2.05) is 31.3 Å². The largest absolute Gasteiger partial charge is 0.462 e. The molecule has 2 fully saturated rings. The highest BCUT2D eigenvalue weighted by Gasteiger charge is 2.59. The smallest absolute Gasteiger partial charge is 0.312 e. The molecule has 3 rings (SSSR count). The summed E-state index contributed by atoms with van der Waals surface area (Å²) in [6.07, 6.45) is 7.07. The molecule has 1 aromatic heterocycles. The van der Waals surface area contributed by atoms with Gasteiger partial charge < -0.3 is 4.74 Å². The highest BCUT2D eigenvalue weighted by Crippen LogP contribution is 2.56. The van der Waals surface area contributed by atoms with E-state index in [1.165, 1.54) is 0 Å². The van der Waals surface area contributed by atoms with Crippen LogP contribution in [0.5, 0.6) is 0 Å². The van der Waals surface area contributed by atoms with Crippen LogP contribution in [0.15, 0.2) is 30.5 Å². The monoisotopic (exact) mass is 299 g/mol. The summed E-state index contributed by atoms with van der Waals surface area (Å²) in [5, 5.41) is 0. The molecule has 1 aromatic rings. The van der Waals surface area contributed by atoms with E-state index in [4.69, 9.17) is 4.74 Å². The molecule has 3 heteroatoms. The Morgan fingerprint density at radius 1 is 1.32 bits per heavy atom. The van der Waals surface area contributed by atoms with Crippen molar-refractivity contribution >= 4 is 12.0 Å². The van der Waals surface area contributed by atoms with Crippen LogP contribution in [0.3, 0.4) is 0 Å². The molecule has 1 saturated heterocycles. The SMILES string of the molecule is CC1C[C@@]2(C)C(=O)O[C@H](C)[C@H]2[C@@H](/C=C/c2ccccn2)[C@@H]1C. The zero-order chi connectivity index (χ0) is 15.9. The summed E-state index contributed by atoms with van der Waals surface area (Å²) in [7, 11) is 0. The Hall–Kier alpha value is -1.64. The maximum absolute atomic E-state index is 12.4. The number of pyridine rings is 1. The number of esters is 1. The summed E-state index contributed by atoms with van der Waals surface area (Å²) in [6, 6.07) is 5.92. The average Bonchev–Trinajstić information content (AvgIpc) is 2.71. The van der Waals surface area contributed by atoms with E-state index in [-0.39, 0.29) is 23.4 Å². The third kappa shape index (κ3) is 2.37. The van der Waals surface area contributed by atoms with Crippen LogP contribution in [0.25, 0.3) is 6.08 Å². The lowest BCUT2D eigenvalue weighted by Crippen LogP contribution is -2.46. The second-order valence-corrected chi connectivity index (χ2v) is 7.29. The van der Waals surface area contributed by atoms with Crippen molar-refractivity contribution in [2.75, 3.05) is 0 Å². The third-order valence-corrected chi connectivity index (χ3v) is 5.84. The number of carbonyl (C=O) groups excluding carboxylic acids is 1. The molecule has 0 aromatic carbocycles. The van der Waals surface area contributed by atoms with Crippen LogP contribution in [-0.2, 0) is 9.53 Å². The van der Waals surface area contributed by atoms with Crippen molar-refractivity contribution in [3.63, 3.8) is 0 Å². The molecule has 0 amide bonds. The summed E-state index contributed by atoms with van der Waals surface area (Å²) < 4.78 is 5.60. The number of aromatic nitrogens is 1. The molecule has 0 N–H and O–H groups in total. The van der Waals surface area contributed by atoms with Gasteiger partial charge in [-0.1, -0.05) is 26.0 Å². The lowest BCUT2D eigenvalue weighted by atomic mass is 9.55. The molecular weight excluding hydrogens is 274 g/mol. The number of carbonyl (C=O) groups is 1. The third-order valence-electron chi connectivity index (χ3n) is 5.84. The molecule has 1 unspecified atom stereocenters. The molecule has 1 aliphatic carbocycles. The van der Waals surface area contributed by atoms with Gasteiger partial charge in [0.1, 0.15) is 6.10 Å². The first kappa shape index (κ1) is 15.3. The van der Waals surface area contributed by atoms with Crippen molar-refractivity contribution in [1.29, 1.82) is 0 Å². The van der Waals surface area contributed by atoms with E-state index >= 15 is 0 Å². The second kappa shape index (κ2) is 5.53. The van der Waals surface area contributed by atoms with Crippen LogP contribution in [0.1, 0.15) is 39.8 Å². The number of allylic oxidation sites excluding steroid dienone is 1. The van der Waals surface area contributed by atoms with Gasteiger partial charge in [0.25, 0.3) is 0 Å². The fraction of sp³-hybridized carbons (Fsp3) is 0.579. The summed E-state index contributed by atoms with van der Waals surface area (Å²) in [4.78, 5) is 16.7. The summed E-state index contributed by atoms with van der Waals surface area (Å²) >= 11 is 0. The molecule has 6 atom stereocenters. The lowest BCUT2D eigenvalue weighted by Gasteiger charge is -2.45. The van der Waals surface area contributed by atoms with Crippen LogP contribution >= 0.6 is 0 Å². The van der Waals surface area contributed by atoms with Crippen molar-refractivity contribution in [3.05, 3.63) is 36.2 Å². The molecule has 1 saturated carbocycles. The lowest BCUT2D eigenvalue weighted by molar-refractivity contribution is -0.149. The van der Waals surface area contributed by atoms with Gasteiger partial charge in [0, 0.05) is 12.1 Å². The second-order valence-electron chi connectivity index (χ2n) is 7.29. The van der Waals surface area contributed by atoms with E-state index in [9.17, 15) is 4.79 Å². The molecule has 1 aliphatic heterocycles. The zero-order valence-electron chi connectivity index (χ0n) is 13.8. The predicted molar refractivity (Wildman–Crippen MR) is 86.9 cm³/mol. The van der Waals surface area contributed by atoms with Crippen LogP contribution in [0.4, 0.5) is 0 Å². The Morgan fingerprint density at radius 2 is 2.09 bits per heavy atom. The van der Waals surface area contributed by atoms with Crippen molar-refractivity contribution < 1.29 is 9.53 Å². The maximum atomic E-state index is 12.4. The molecule has 2 heterocycles. The van der Waals surface area contributed by atoms with Gasteiger partial charge in [-0.05, 0) is 56.2 Å². The molecular formula is C19H25NO2. The standard InChI is InChI=1S/C19H25NO2/c1-12-11-19(4)17(14(3)22-18(19)21)16(13(12)2)9-8-15-7-5-6-10-20-15/h5-10,12-14,16-17H,11H2,1-4H3/b9-8+/t12?,13-,14-,16+,17+,19-/m1/s1. The fourth-order valence-corrected chi connectivity index (χ4v) is 4.53. The number of nitrogens with zero attached hydrogens (tertiary/aromatic N) is 1. The van der Waals surface area contributed by atoms with E-state index in [2.05, 4.69) is 37.9 Å². The molecule has 0 radical (unpaired) electrons. The summed E-state index contributed by atoms with van der Waals surface area (Å²) in [5.41, 5.74) is 0.623. The van der Waals surface area contributed by atoms with Crippen LogP contribution in [-0.4, -0.2) is 17.1 Å². The van der Waals surface area contributed by atoms with Crippen molar-refractivity contribution in [1.82, 2.24) is 4.98 Å². The number of ether oxygens (including phenoxy) is 1. The Labute approximate surface area is 132 Å². The zero-order valence-corrected chi connectivity index (χ0v) is 13.8. The molecule has 3 nitrogen and oxygen atoms in total. The Kier molecular flexibility index (Phi) is 3.84. The first-order chi connectivity index (χ1) is 10.4. The first-order valence-electron chi connectivity index (χ1n) is 8.24. The molecule has 0 spiro atoms. The highest BCUT2D eigenvalue weighted by molar-refractivity contribution is 5.79. The number of cyclic esters (lactones) is 1. The minimum atomic E-state index is -0.343. The molecule has 118 valence electrons. The van der Waals surface area contributed by atoms with E-state index in [0.29, 0.717) is 17.8 Å². The van der Waals surface area contributed by atoms with Gasteiger partial charge in [-0.15, -0.1) is 0 Å². The normalized spacial score (nSPS) is 41.5. The van der Waals surface area contributed by atoms with Crippen LogP contribution in [0, 0.1) is 29.1 Å². The molecule has 0 bridgehead atoms. The highest BCUT2D eigenvalue weighted by atomic mass is 16.6. The van der Waals surface area contributed by atoms with Gasteiger partial charge >= 0.3 is 5.97 Å². The van der Waals surface area contributed by atoms with E-state index in [1.54, 1.807) is 0 Å². The first-order valence-corrected chi connectivity index (χ1v) is 8.24. The van der Waals surface area contributed by atoms with Crippen LogP contribution < -0.4 is 0 Å². The van der Waals surface area contributed by atoms with Gasteiger partial charge in [-0.2, -0.15) is 0 Å². The fourth-order valence-electron chi connectivity index (χ4n) is 4.53. The van der Waals surface area contributed by atoms with Crippen molar-refractivity contribution in [2.24, 2.45) is 29.1 Å². The van der Waals surface area contributed by atoms with E-state index in [0.717, 1.165) is 12.1 Å². The van der Waals surface area contributed by atoms with Crippen molar-refractivity contribution in [3.8, 4) is 0 Å². The Bertz CT molecular complexity index is 582. The minimum absolute atomic E-state index is 0.00849. The van der Waals surface area contributed by atoms with Gasteiger partial charge in [0.15, 0.2) is 0 Å². The predicted octanol–water partition coefficient (Wildman–Crippen LogP) is 3.95. The van der Waals surface area contributed by atoms with Crippen LogP contribution in [0.2, 0.25) is 0 Å². The Balaban J connectivity index is 1.93. The topological polar surface area (TPSA) is 39.2 Å². The average molecular weight is 299 g/mol. The Morgan fingerprint density at radius 3 is 2.77 bits per heavy atom. The van der Waals surface area contributed by atoms with Gasteiger partial charge in [-0.3, -0.25) is 9.78 Å². The number of rotatable bonds is 2. The van der Waals surface area contributed by atoms with Gasteiger partial charge in [0.05, 0.1) is 11.1 Å². The minimum Gasteiger partial charge on any atom is -0.462 e. The number of fused-ring (bicyclic) bond motifs is 1. The van der Waals surface area contributed by atoms with Crippen molar-refractivity contribution in [2.45, 2.75) is 40.2 Å². The quantitative estimate of drug-likeness (QED) is 0.776. The van der Waals surface area contributed by atoms with Gasteiger partial charge in [0.2, 0.25) is 0 Å². The van der Waals surface area contributed by atoms with Gasteiger partial charge in [-0.25, -0.2) is 0 Å². The number of hydrogen-bond acceptors (Lipinski definition) is 3. The summed E-state index contributed by atoms with van der Waals surface area (Å²) in [6.45, 7) is 8.68. The molecule has 2 aliphatic rings. The maximum Gasteiger partial charge on any atom is 0.312 e. The molecule has 22 heavy (non-hydrogen) atoms. The summed E-state index contributed by atoms with van der Waals surface area (Å²) in [5.74, 6) is 1.64. The number of hydrogen-bond donors (Lipinski definition) is 0.